The fourth-order valence-electron chi connectivity index (χ4n) is 4.03. The molecule has 2 fully saturated rings. The third-order valence-corrected chi connectivity index (χ3v) is 5.20. The summed E-state index contributed by atoms with van der Waals surface area (Å²) in [4.78, 5) is 0. The predicted molar refractivity (Wildman–Crippen MR) is 86.1 cm³/mol. The van der Waals surface area contributed by atoms with Gasteiger partial charge < -0.3 is 10.1 Å². The van der Waals surface area contributed by atoms with Crippen LogP contribution >= 0.6 is 0 Å². The molecule has 20 heavy (non-hydrogen) atoms. The smallest absolute Gasteiger partial charge is 0.0697 e. The number of ether oxygens (including phenoxy) is 1. The average Bonchev–Trinajstić information content (AvgIpc) is 2.39. The highest BCUT2D eigenvalue weighted by molar-refractivity contribution is 4.92. The van der Waals surface area contributed by atoms with Gasteiger partial charge in [-0.25, -0.2) is 0 Å². The van der Waals surface area contributed by atoms with Crippen LogP contribution in [0, 0.1) is 5.92 Å². The van der Waals surface area contributed by atoms with E-state index in [1.54, 1.807) is 0 Å². The highest BCUT2D eigenvalue weighted by Gasteiger charge is 2.38. The van der Waals surface area contributed by atoms with Crippen LogP contribution in [0.5, 0.6) is 0 Å². The number of hydrogen-bond acceptors (Lipinski definition) is 2. The second kappa shape index (κ2) is 7.79. The van der Waals surface area contributed by atoms with Gasteiger partial charge in [0.15, 0.2) is 0 Å². The molecule has 1 saturated heterocycles. The molecule has 0 amide bonds. The van der Waals surface area contributed by atoms with Crippen molar-refractivity contribution < 1.29 is 4.74 Å². The van der Waals surface area contributed by atoms with Gasteiger partial charge in [0.05, 0.1) is 5.60 Å². The summed E-state index contributed by atoms with van der Waals surface area (Å²) in [5.74, 6) is 0.843. The first kappa shape index (κ1) is 16.3. The first-order valence-corrected chi connectivity index (χ1v) is 9.00. The second-order valence-corrected chi connectivity index (χ2v) is 7.67. The van der Waals surface area contributed by atoms with E-state index in [4.69, 9.17) is 4.74 Å². The Hall–Kier alpha value is -0.0800. The average molecular weight is 281 g/mol. The molecule has 1 aliphatic carbocycles. The van der Waals surface area contributed by atoms with E-state index in [0.717, 1.165) is 12.5 Å². The minimum atomic E-state index is 0.242. The summed E-state index contributed by atoms with van der Waals surface area (Å²) in [5, 5.41) is 3.88. The van der Waals surface area contributed by atoms with Gasteiger partial charge in [-0.2, -0.15) is 0 Å². The second-order valence-electron chi connectivity index (χ2n) is 7.67. The highest BCUT2D eigenvalue weighted by atomic mass is 16.5. The summed E-state index contributed by atoms with van der Waals surface area (Å²) < 4.78 is 6.19. The van der Waals surface area contributed by atoms with Crippen molar-refractivity contribution in [1.82, 2.24) is 5.32 Å². The van der Waals surface area contributed by atoms with Gasteiger partial charge in [-0.15, -0.1) is 0 Å². The van der Waals surface area contributed by atoms with E-state index >= 15 is 0 Å². The summed E-state index contributed by atoms with van der Waals surface area (Å²) in [6.07, 6.45) is 13.3. The molecule has 2 nitrogen and oxygen atoms in total. The SMILES string of the molecule is CC(C)CCCC(C)NC1CCOC2(CCCCC2)C1. The molecule has 1 N–H and O–H groups in total. The van der Waals surface area contributed by atoms with Gasteiger partial charge in [-0.1, -0.05) is 46.0 Å². The lowest BCUT2D eigenvalue weighted by Gasteiger charge is -2.44. The molecule has 2 heteroatoms. The molecule has 2 aliphatic rings. The molecule has 118 valence electrons. The minimum absolute atomic E-state index is 0.242. The Morgan fingerprint density at radius 2 is 1.85 bits per heavy atom. The molecule has 0 aromatic carbocycles. The van der Waals surface area contributed by atoms with Crippen molar-refractivity contribution in [2.24, 2.45) is 5.92 Å². The molecular weight excluding hydrogens is 246 g/mol. The monoisotopic (exact) mass is 281 g/mol. The summed E-state index contributed by atoms with van der Waals surface area (Å²) in [6.45, 7) is 7.98. The van der Waals surface area contributed by atoms with Crippen LogP contribution in [0.1, 0.15) is 85.0 Å². The normalized spacial score (nSPS) is 27.9. The van der Waals surface area contributed by atoms with E-state index in [-0.39, 0.29) is 5.60 Å². The van der Waals surface area contributed by atoms with Gasteiger partial charge in [0.25, 0.3) is 0 Å². The Balaban J connectivity index is 1.72. The third kappa shape index (κ3) is 5.04. The Bertz CT molecular complexity index is 265. The summed E-state index contributed by atoms with van der Waals surface area (Å²) in [5.41, 5.74) is 0.242. The van der Waals surface area contributed by atoms with E-state index < -0.39 is 0 Å². The van der Waals surface area contributed by atoms with Crippen molar-refractivity contribution in [3.63, 3.8) is 0 Å². The standard InChI is InChI=1S/C18H35NO/c1-15(2)8-7-9-16(3)19-17-10-13-20-18(14-17)11-5-4-6-12-18/h15-17,19H,4-14H2,1-3H3. The summed E-state index contributed by atoms with van der Waals surface area (Å²) in [7, 11) is 0. The molecule has 1 heterocycles. The fraction of sp³-hybridized carbons (Fsp3) is 1.00. The summed E-state index contributed by atoms with van der Waals surface area (Å²) in [6, 6.07) is 1.35. The molecule has 1 saturated carbocycles. The van der Waals surface area contributed by atoms with Gasteiger partial charge in [0.1, 0.15) is 0 Å². The topological polar surface area (TPSA) is 21.3 Å². The number of rotatable bonds is 6. The molecule has 0 bridgehead atoms. The molecule has 0 aromatic heterocycles. The first-order chi connectivity index (χ1) is 9.60. The number of nitrogens with one attached hydrogen (secondary N) is 1. The molecule has 2 atom stereocenters. The third-order valence-electron chi connectivity index (χ3n) is 5.20. The van der Waals surface area contributed by atoms with Gasteiger partial charge in [0, 0.05) is 18.7 Å². The van der Waals surface area contributed by atoms with E-state index in [0.29, 0.717) is 12.1 Å². The zero-order chi connectivity index (χ0) is 14.4. The highest BCUT2D eigenvalue weighted by Crippen LogP contribution is 2.38. The van der Waals surface area contributed by atoms with Crippen LogP contribution in [0.3, 0.4) is 0 Å². The van der Waals surface area contributed by atoms with E-state index in [9.17, 15) is 0 Å². The zero-order valence-electron chi connectivity index (χ0n) is 13.9. The Morgan fingerprint density at radius 3 is 2.55 bits per heavy atom. The van der Waals surface area contributed by atoms with Gasteiger partial charge in [-0.3, -0.25) is 0 Å². The van der Waals surface area contributed by atoms with Crippen LogP contribution in [-0.2, 0) is 4.74 Å². The maximum Gasteiger partial charge on any atom is 0.0697 e. The quantitative estimate of drug-likeness (QED) is 0.763. The number of hydrogen-bond donors (Lipinski definition) is 1. The Kier molecular flexibility index (Phi) is 6.35. The maximum absolute atomic E-state index is 6.19. The van der Waals surface area contributed by atoms with Crippen molar-refractivity contribution in [3.8, 4) is 0 Å². The van der Waals surface area contributed by atoms with E-state index in [1.807, 2.05) is 0 Å². The lowest BCUT2D eigenvalue weighted by Crippen LogP contribution is -2.50. The van der Waals surface area contributed by atoms with E-state index in [1.165, 1.54) is 64.2 Å². The molecule has 1 aliphatic heterocycles. The fourth-order valence-corrected chi connectivity index (χ4v) is 4.03. The molecule has 2 unspecified atom stereocenters. The maximum atomic E-state index is 6.19. The predicted octanol–water partition coefficient (Wildman–Crippen LogP) is 4.67. The van der Waals surface area contributed by atoms with Crippen molar-refractivity contribution in [3.05, 3.63) is 0 Å². The van der Waals surface area contributed by atoms with Crippen LogP contribution in [0.25, 0.3) is 0 Å². The zero-order valence-corrected chi connectivity index (χ0v) is 13.9. The van der Waals surface area contributed by atoms with Crippen LogP contribution in [-0.4, -0.2) is 24.3 Å². The first-order valence-electron chi connectivity index (χ1n) is 9.00. The molecule has 0 aromatic rings. The minimum Gasteiger partial charge on any atom is -0.375 e. The summed E-state index contributed by atoms with van der Waals surface area (Å²) >= 11 is 0. The molecule has 2 rings (SSSR count). The molecule has 1 spiro atoms. The van der Waals surface area contributed by atoms with Gasteiger partial charge >= 0.3 is 0 Å². The van der Waals surface area contributed by atoms with Crippen molar-refractivity contribution in [2.45, 2.75) is 103 Å². The van der Waals surface area contributed by atoms with Crippen LogP contribution in [0.15, 0.2) is 0 Å². The van der Waals surface area contributed by atoms with Crippen molar-refractivity contribution in [1.29, 1.82) is 0 Å². The van der Waals surface area contributed by atoms with E-state index in [2.05, 4.69) is 26.1 Å². The largest absolute Gasteiger partial charge is 0.375 e. The van der Waals surface area contributed by atoms with Crippen molar-refractivity contribution >= 4 is 0 Å². The molecule has 0 radical (unpaired) electrons. The van der Waals surface area contributed by atoms with Gasteiger partial charge in [-0.05, 0) is 44.9 Å². The Labute approximate surface area is 126 Å². The van der Waals surface area contributed by atoms with Crippen LogP contribution in [0.2, 0.25) is 0 Å². The molecular formula is C18H35NO. The lowest BCUT2D eigenvalue weighted by atomic mass is 9.78. The van der Waals surface area contributed by atoms with Gasteiger partial charge in [0.2, 0.25) is 0 Å². The lowest BCUT2D eigenvalue weighted by molar-refractivity contribution is -0.110. The van der Waals surface area contributed by atoms with Crippen molar-refractivity contribution in [2.75, 3.05) is 6.61 Å². The van der Waals surface area contributed by atoms with Crippen LogP contribution < -0.4 is 5.32 Å². The van der Waals surface area contributed by atoms with Crippen LogP contribution in [0.4, 0.5) is 0 Å². The Morgan fingerprint density at radius 1 is 1.10 bits per heavy atom.